The summed E-state index contributed by atoms with van der Waals surface area (Å²) in [4.78, 5) is 0. The molecule has 0 amide bonds. The molecule has 0 radical (unpaired) electrons. The van der Waals surface area contributed by atoms with Crippen LogP contribution in [0.15, 0.2) is 54.6 Å². The Kier molecular flexibility index (Phi) is 4.94. The Hall–Kier alpha value is -1.64. The van der Waals surface area contributed by atoms with Gasteiger partial charge in [0.05, 0.1) is 0 Å². The van der Waals surface area contributed by atoms with Crippen LogP contribution in [0.5, 0.6) is 0 Å². The Morgan fingerprint density at radius 3 is 2.33 bits per heavy atom. The molecule has 0 fully saturated rings. The van der Waals surface area contributed by atoms with Crippen molar-refractivity contribution in [2.45, 2.75) is 19.9 Å². The summed E-state index contributed by atoms with van der Waals surface area (Å²) in [6, 6.07) is 18.9. The van der Waals surface area contributed by atoms with Gasteiger partial charge in [-0.2, -0.15) is 0 Å². The highest BCUT2D eigenvalue weighted by molar-refractivity contribution is 5.25. The second-order valence-electron chi connectivity index (χ2n) is 4.44. The van der Waals surface area contributed by atoms with Gasteiger partial charge in [0, 0.05) is 13.1 Å². The van der Waals surface area contributed by atoms with Gasteiger partial charge in [-0.1, -0.05) is 54.6 Å². The van der Waals surface area contributed by atoms with Crippen molar-refractivity contribution in [3.8, 4) is 0 Å². The highest BCUT2D eigenvalue weighted by Crippen LogP contribution is 2.06. The Bertz CT molecular complexity index is 466. The highest BCUT2D eigenvalue weighted by atomic mass is 15.3. The van der Waals surface area contributed by atoms with Crippen molar-refractivity contribution in [3.63, 3.8) is 0 Å². The maximum atomic E-state index is 3.26. The van der Waals surface area contributed by atoms with Gasteiger partial charge in [-0.05, 0) is 30.0 Å². The highest BCUT2D eigenvalue weighted by Gasteiger charge is 1.96. The first-order valence-electron chi connectivity index (χ1n) is 6.40. The van der Waals surface area contributed by atoms with Crippen LogP contribution >= 0.6 is 0 Å². The molecular formula is C16H20N2. The molecule has 2 nitrogen and oxygen atoms in total. The van der Waals surface area contributed by atoms with Crippen LogP contribution in [-0.2, 0) is 13.0 Å². The maximum Gasteiger partial charge on any atom is 0.0351 e. The fraction of sp³-hybridized carbons (Fsp3) is 0.250. The summed E-state index contributed by atoms with van der Waals surface area (Å²) in [6.07, 6.45) is 1.05. The van der Waals surface area contributed by atoms with Crippen molar-refractivity contribution in [1.29, 1.82) is 0 Å². The Labute approximate surface area is 109 Å². The molecule has 94 valence electrons. The first-order chi connectivity index (χ1) is 8.86. The molecule has 0 aliphatic heterocycles. The molecule has 0 atom stereocenters. The van der Waals surface area contributed by atoms with Crippen LogP contribution in [0.25, 0.3) is 0 Å². The Balaban J connectivity index is 1.66. The fourth-order valence-corrected chi connectivity index (χ4v) is 1.94. The second-order valence-corrected chi connectivity index (χ2v) is 4.44. The molecule has 18 heavy (non-hydrogen) atoms. The largest absolute Gasteiger partial charge is 0.257 e. The molecule has 2 aromatic carbocycles. The number of rotatable bonds is 6. The lowest BCUT2D eigenvalue weighted by Crippen LogP contribution is -2.32. The van der Waals surface area contributed by atoms with E-state index in [9.17, 15) is 0 Å². The minimum Gasteiger partial charge on any atom is -0.257 e. The molecule has 0 saturated carbocycles. The normalized spacial score (nSPS) is 10.5. The van der Waals surface area contributed by atoms with Crippen molar-refractivity contribution in [2.75, 3.05) is 6.54 Å². The molecule has 2 aromatic rings. The molecule has 0 unspecified atom stereocenters. The minimum atomic E-state index is 0.856. The summed E-state index contributed by atoms with van der Waals surface area (Å²) in [6.45, 7) is 3.96. The summed E-state index contributed by atoms with van der Waals surface area (Å²) >= 11 is 0. The molecule has 0 bridgehead atoms. The minimum absolute atomic E-state index is 0.856. The van der Waals surface area contributed by atoms with E-state index in [1.165, 1.54) is 16.7 Å². The average Bonchev–Trinajstić information content (AvgIpc) is 2.42. The van der Waals surface area contributed by atoms with Gasteiger partial charge in [0.1, 0.15) is 0 Å². The van der Waals surface area contributed by atoms with Gasteiger partial charge in [-0.15, -0.1) is 0 Å². The van der Waals surface area contributed by atoms with E-state index in [1.54, 1.807) is 0 Å². The zero-order chi connectivity index (χ0) is 12.6. The second kappa shape index (κ2) is 6.94. The van der Waals surface area contributed by atoms with E-state index < -0.39 is 0 Å². The maximum absolute atomic E-state index is 3.26. The average molecular weight is 240 g/mol. The van der Waals surface area contributed by atoms with E-state index in [2.05, 4.69) is 66.3 Å². The van der Waals surface area contributed by atoms with Crippen LogP contribution in [0.4, 0.5) is 0 Å². The lowest BCUT2D eigenvalue weighted by Gasteiger charge is -2.08. The number of hydrazine groups is 1. The van der Waals surface area contributed by atoms with Gasteiger partial charge in [0.15, 0.2) is 0 Å². The summed E-state index contributed by atoms with van der Waals surface area (Å²) in [7, 11) is 0. The van der Waals surface area contributed by atoms with E-state index >= 15 is 0 Å². The van der Waals surface area contributed by atoms with E-state index in [1.807, 2.05) is 6.07 Å². The van der Waals surface area contributed by atoms with E-state index in [-0.39, 0.29) is 0 Å². The molecule has 0 aliphatic carbocycles. The van der Waals surface area contributed by atoms with Crippen LogP contribution in [0.2, 0.25) is 0 Å². The lowest BCUT2D eigenvalue weighted by atomic mass is 10.1. The summed E-state index contributed by atoms with van der Waals surface area (Å²) < 4.78 is 0. The summed E-state index contributed by atoms with van der Waals surface area (Å²) in [5, 5.41) is 0. The topological polar surface area (TPSA) is 24.1 Å². The van der Waals surface area contributed by atoms with Crippen molar-refractivity contribution in [1.82, 2.24) is 10.9 Å². The first-order valence-corrected chi connectivity index (χ1v) is 6.40. The number of nitrogens with one attached hydrogen (secondary N) is 2. The molecule has 2 N–H and O–H groups in total. The van der Waals surface area contributed by atoms with Crippen molar-refractivity contribution >= 4 is 0 Å². The predicted octanol–water partition coefficient (Wildman–Crippen LogP) is 2.83. The third-order valence-electron chi connectivity index (χ3n) is 3.04. The molecule has 0 aliphatic rings. The molecular weight excluding hydrogens is 220 g/mol. The van der Waals surface area contributed by atoms with E-state index in [4.69, 9.17) is 0 Å². The Morgan fingerprint density at radius 1 is 0.833 bits per heavy atom. The molecule has 2 heteroatoms. The van der Waals surface area contributed by atoms with Crippen molar-refractivity contribution < 1.29 is 0 Å². The van der Waals surface area contributed by atoms with Gasteiger partial charge in [-0.3, -0.25) is 10.9 Å². The van der Waals surface area contributed by atoms with Gasteiger partial charge in [0.25, 0.3) is 0 Å². The van der Waals surface area contributed by atoms with Crippen LogP contribution in [0, 0.1) is 6.92 Å². The van der Waals surface area contributed by atoms with Crippen LogP contribution < -0.4 is 10.9 Å². The van der Waals surface area contributed by atoms with Crippen LogP contribution in [0.1, 0.15) is 16.7 Å². The standard InChI is InChI=1S/C16H20N2/c1-14-7-5-6-10-16(14)11-12-17-18-13-15-8-3-2-4-9-15/h2-10,17-18H,11-13H2,1H3. The van der Waals surface area contributed by atoms with Gasteiger partial charge >= 0.3 is 0 Å². The predicted molar refractivity (Wildman–Crippen MR) is 76.2 cm³/mol. The quantitative estimate of drug-likeness (QED) is 0.599. The summed E-state index contributed by atoms with van der Waals surface area (Å²) in [5.74, 6) is 0. The third kappa shape index (κ3) is 3.99. The number of hydrogen-bond donors (Lipinski definition) is 2. The van der Waals surface area contributed by atoms with Crippen LogP contribution in [-0.4, -0.2) is 6.54 Å². The fourth-order valence-electron chi connectivity index (χ4n) is 1.94. The zero-order valence-corrected chi connectivity index (χ0v) is 10.8. The van der Waals surface area contributed by atoms with Crippen molar-refractivity contribution in [2.24, 2.45) is 0 Å². The Morgan fingerprint density at radius 2 is 1.56 bits per heavy atom. The van der Waals surface area contributed by atoms with Gasteiger partial charge in [-0.25, -0.2) is 0 Å². The van der Waals surface area contributed by atoms with E-state index in [0.29, 0.717) is 0 Å². The van der Waals surface area contributed by atoms with E-state index in [0.717, 1.165) is 19.5 Å². The smallest absolute Gasteiger partial charge is 0.0351 e. The van der Waals surface area contributed by atoms with Gasteiger partial charge in [0.2, 0.25) is 0 Å². The third-order valence-corrected chi connectivity index (χ3v) is 3.04. The number of hydrogen-bond acceptors (Lipinski definition) is 2. The first kappa shape index (κ1) is 12.8. The van der Waals surface area contributed by atoms with Crippen molar-refractivity contribution in [3.05, 3.63) is 71.3 Å². The molecule has 2 rings (SSSR count). The molecule has 0 saturated heterocycles. The summed E-state index contributed by atoms with van der Waals surface area (Å²) in [5.41, 5.74) is 10.6. The van der Waals surface area contributed by atoms with Crippen LogP contribution in [0.3, 0.4) is 0 Å². The molecule has 0 heterocycles. The molecule has 0 spiro atoms. The zero-order valence-electron chi connectivity index (χ0n) is 10.8. The SMILES string of the molecule is Cc1ccccc1CCNNCc1ccccc1. The van der Waals surface area contributed by atoms with Gasteiger partial charge < -0.3 is 0 Å². The number of aryl methyl sites for hydroxylation is 1. The lowest BCUT2D eigenvalue weighted by molar-refractivity contribution is 0.533. The monoisotopic (exact) mass is 240 g/mol. The number of benzene rings is 2. The molecule has 0 aromatic heterocycles.